The monoisotopic (exact) mass is 291 g/mol. The smallest absolute Gasteiger partial charge is 0.0233 e. The van der Waals surface area contributed by atoms with Crippen molar-refractivity contribution in [1.82, 2.24) is 4.90 Å². The molecule has 2 rings (SSSR count). The van der Waals surface area contributed by atoms with Gasteiger partial charge in [-0.15, -0.1) is 17.0 Å². The Hall–Kier alpha value is -1.12. The molecular weight excluding hydrogens is 274 g/mol. The molecule has 2 heteroatoms. The second-order valence-electron chi connectivity index (χ2n) is 4.26. The van der Waals surface area contributed by atoms with Crippen molar-refractivity contribution < 1.29 is 0 Å². The van der Waals surface area contributed by atoms with Crippen molar-refractivity contribution in [3.63, 3.8) is 0 Å². The van der Waals surface area contributed by atoms with Gasteiger partial charge >= 0.3 is 0 Å². The summed E-state index contributed by atoms with van der Waals surface area (Å²) < 4.78 is 0. The summed E-state index contributed by atoms with van der Waals surface area (Å²) in [5.74, 6) is 0. The Bertz CT molecular complexity index is 451. The molecular formula is C15H18BrN. The molecule has 0 radical (unpaired) electrons. The van der Waals surface area contributed by atoms with Crippen LogP contribution in [0.15, 0.2) is 54.6 Å². The number of hydrogen-bond acceptors (Lipinski definition) is 1. The molecule has 0 saturated heterocycles. The zero-order chi connectivity index (χ0) is 11.4. The van der Waals surface area contributed by atoms with Crippen molar-refractivity contribution in [3.8, 4) is 11.1 Å². The molecule has 0 N–H and O–H groups in total. The van der Waals surface area contributed by atoms with Gasteiger partial charge in [-0.05, 0) is 30.8 Å². The third kappa shape index (κ3) is 3.69. The number of nitrogens with zero attached hydrogens (tertiary/aromatic N) is 1. The molecule has 0 spiro atoms. The Balaban J connectivity index is 0.00000144. The predicted molar refractivity (Wildman–Crippen MR) is 79.6 cm³/mol. The molecule has 0 fully saturated rings. The second-order valence-corrected chi connectivity index (χ2v) is 4.26. The minimum atomic E-state index is 0. The molecule has 0 aliphatic rings. The summed E-state index contributed by atoms with van der Waals surface area (Å²) >= 11 is 0. The lowest BCUT2D eigenvalue weighted by molar-refractivity contribution is 0.403. The van der Waals surface area contributed by atoms with Gasteiger partial charge in [-0.1, -0.05) is 54.6 Å². The van der Waals surface area contributed by atoms with Crippen molar-refractivity contribution in [2.75, 3.05) is 14.1 Å². The summed E-state index contributed by atoms with van der Waals surface area (Å²) in [6.07, 6.45) is 0. The first-order valence-electron chi connectivity index (χ1n) is 5.55. The molecule has 2 aromatic carbocycles. The Morgan fingerprint density at radius 2 is 1.41 bits per heavy atom. The summed E-state index contributed by atoms with van der Waals surface area (Å²) in [5.41, 5.74) is 4.00. The van der Waals surface area contributed by atoms with E-state index in [1.165, 1.54) is 16.7 Å². The van der Waals surface area contributed by atoms with Crippen molar-refractivity contribution in [2.45, 2.75) is 6.54 Å². The minimum absolute atomic E-state index is 0. The zero-order valence-corrected chi connectivity index (χ0v) is 12.0. The summed E-state index contributed by atoms with van der Waals surface area (Å²) in [6, 6.07) is 19.1. The molecule has 0 saturated carbocycles. The largest absolute Gasteiger partial charge is 0.305 e. The maximum Gasteiger partial charge on any atom is 0.0233 e. The van der Waals surface area contributed by atoms with E-state index in [0.717, 1.165) is 6.54 Å². The number of rotatable bonds is 3. The van der Waals surface area contributed by atoms with E-state index in [-0.39, 0.29) is 17.0 Å². The van der Waals surface area contributed by atoms with Crippen LogP contribution in [0.3, 0.4) is 0 Å². The van der Waals surface area contributed by atoms with Gasteiger partial charge < -0.3 is 4.90 Å². The molecule has 90 valence electrons. The average Bonchev–Trinajstić information content (AvgIpc) is 2.30. The lowest BCUT2D eigenvalue weighted by atomic mass is 9.99. The van der Waals surface area contributed by atoms with Gasteiger partial charge in [-0.3, -0.25) is 0 Å². The second kappa shape index (κ2) is 6.58. The molecule has 0 aliphatic carbocycles. The van der Waals surface area contributed by atoms with E-state index in [4.69, 9.17) is 0 Å². The summed E-state index contributed by atoms with van der Waals surface area (Å²) in [5, 5.41) is 0. The fourth-order valence-electron chi connectivity index (χ4n) is 1.90. The Labute approximate surface area is 114 Å². The van der Waals surface area contributed by atoms with Crippen molar-refractivity contribution >= 4 is 17.0 Å². The van der Waals surface area contributed by atoms with E-state index < -0.39 is 0 Å². The number of halogens is 1. The standard InChI is InChI=1S/C15H17N.BrH/c1-16(2)12-14-10-6-7-11-15(14)13-8-4-3-5-9-13;/h3-11H,12H2,1-2H3;1H. The van der Waals surface area contributed by atoms with Gasteiger partial charge in [0.1, 0.15) is 0 Å². The van der Waals surface area contributed by atoms with Gasteiger partial charge in [0.2, 0.25) is 0 Å². The molecule has 0 bridgehead atoms. The van der Waals surface area contributed by atoms with Crippen LogP contribution in [0.1, 0.15) is 5.56 Å². The first kappa shape index (κ1) is 13.9. The number of benzene rings is 2. The summed E-state index contributed by atoms with van der Waals surface area (Å²) in [6.45, 7) is 0.977. The van der Waals surface area contributed by atoms with Crippen LogP contribution in [-0.4, -0.2) is 19.0 Å². The molecule has 0 aliphatic heterocycles. The molecule has 0 aromatic heterocycles. The van der Waals surface area contributed by atoms with Crippen LogP contribution < -0.4 is 0 Å². The highest BCUT2D eigenvalue weighted by molar-refractivity contribution is 8.93. The fraction of sp³-hybridized carbons (Fsp3) is 0.200. The maximum absolute atomic E-state index is 2.20. The first-order chi connectivity index (χ1) is 7.77. The van der Waals surface area contributed by atoms with Gasteiger partial charge in [-0.2, -0.15) is 0 Å². The molecule has 1 nitrogen and oxygen atoms in total. The molecule has 0 amide bonds. The predicted octanol–water partition coefficient (Wildman–Crippen LogP) is 3.99. The van der Waals surface area contributed by atoms with Crippen molar-refractivity contribution in [3.05, 3.63) is 60.2 Å². The highest BCUT2D eigenvalue weighted by Crippen LogP contribution is 2.23. The van der Waals surface area contributed by atoms with Gasteiger partial charge in [0.05, 0.1) is 0 Å². The van der Waals surface area contributed by atoms with Gasteiger partial charge in [0, 0.05) is 6.54 Å². The third-order valence-corrected chi connectivity index (χ3v) is 2.59. The normalized spacial score (nSPS) is 10.1. The molecule has 2 aromatic rings. The summed E-state index contributed by atoms with van der Waals surface area (Å²) in [7, 11) is 4.20. The lowest BCUT2D eigenvalue weighted by Gasteiger charge is -2.14. The lowest BCUT2D eigenvalue weighted by Crippen LogP contribution is -2.11. The number of hydrogen-bond donors (Lipinski definition) is 0. The Kier molecular flexibility index (Phi) is 5.39. The van der Waals surface area contributed by atoms with Crippen LogP contribution in [0.5, 0.6) is 0 Å². The van der Waals surface area contributed by atoms with Crippen LogP contribution in [0, 0.1) is 0 Å². The van der Waals surface area contributed by atoms with Gasteiger partial charge in [-0.25, -0.2) is 0 Å². The van der Waals surface area contributed by atoms with Crippen molar-refractivity contribution in [2.24, 2.45) is 0 Å². The van der Waals surface area contributed by atoms with Crippen LogP contribution in [-0.2, 0) is 6.54 Å². The highest BCUT2D eigenvalue weighted by Gasteiger charge is 2.04. The van der Waals surface area contributed by atoms with E-state index in [2.05, 4.69) is 73.6 Å². The highest BCUT2D eigenvalue weighted by atomic mass is 79.9. The fourth-order valence-corrected chi connectivity index (χ4v) is 1.90. The third-order valence-electron chi connectivity index (χ3n) is 2.59. The van der Waals surface area contributed by atoms with Crippen molar-refractivity contribution in [1.29, 1.82) is 0 Å². The molecule has 0 atom stereocenters. The average molecular weight is 292 g/mol. The van der Waals surface area contributed by atoms with Crippen LogP contribution in [0.2, 0.25) is 0 Å². The van der Waals surface area contributed by atoms with Crippen LogP contribution in [0.25, 0.3) is 11.1 Å². The SMILES string of the molecule is Br.CN(C)Cc1ccccc1-c1ccccc1. The van der Waals surface area contributed by atoms with E-state index in [1.54, 1.807) is 0 Å². The Morgan fingerprint density at radius 3 is 2.06 bits per heavy atom. The van der Waals surface area contributed by atoms with E-state index in [1.807, 2.05) is 0 Å². The quantitative estimate of drug-likeness (QED) is 0.826. The van der Waals surface area contributed by atoms with E-state index in [9.17, 15) is 0 Å². The van der Waals surface area contributed by atoms with E-state index >= 15 is 0 Å². The molecule has 17 heavy (non-hydrogen) atoms. The van der Waals surface area contributed by atoms with Gasteiger partial charge in [0.25, 0.3) is 0 Å². The van der Waals surface area contributed by atoms with Crippen LogP contribution >= 0.6 is 17.0 Å². The maximum atomic E-state index is 2.20. The zero-order valence-electron chi connectivity index (χ0n) is 10.3. The topological polar surface area (TPSA) is 3.24 Å². The molecule has 0 unspecified atom stereocenters. The minimum Gasteiger partial charge on any atom is -0.305 e. The Morgan fingerprint density at radius 1 is 0.824 bits per heavy atom. The molecule has 0 heterocycles. The first-order valence-corrected chi connectivity index (χ1v) is 5.55. The van der Waals surface area contributed by atoms with E-state index in [0.29, 0.717) is 0 Å². The van der Waals surface area contributed by atoms with Gasteiger partial charge in [0.15, 0.2) is 0 Å². The van der Waals surface area contributed by atoms with Crippen LogP contribution in [0.4, 0.5) is 0 Å². The summed E-state index contributed by atoms with van der Waals surface area (Å²) in [4.78, 5) is 2.20.